The monoisotopic (exact) mass is 394 g/mol. The maximum Gasteiger partial charge on any atom is 0.272 e. The Morgan fingerprint density at radius 2 is 1.90 bits per heavy atom. The third kappa shape index (κ3) is 4.77. The van der Waals surface area contributed by atoms with E-state index in [1.165, 1.54) is 0 Å². The van der Waals surface area contributed by atoms with Crippen LogP contribution in [0.1, 0.15) is 41.8 Å². The quantitative estimate of drug-likeness (QED) is 0.635. The molecule has 6 nitrogen and oxygen atoms in total. The van der Waals surface area contributed by atoms with Gasteiger partial charge in [0.1, 0.15) is 11.6 Å². The van der Waals surface area contributed by atoms with Crippen molar-refractivity contribution in [3.63, 3.8) is 0 Å². The summed E-state index contributed by atoms with van der Waals surface area (Å²) in [5, 5.41) is 3.08. The summed E-state index contributed by atoms with van der Waals surface area (Å²) >= 11 is 0. The standard InChI is InChI=1S/C23H30N4O2/c1-16(2)14-21-25-22(19-8-6-7-13-27(19)21)23(28)24-15-20(26(3)4)17-9-11-18(29-5)12-10-17/h6-13,16,20H,14-15H2,1-5H3,(H,24,28). The fourth-order valence-corrected chi connectivity index (χ4v) is 3.48. The molecule has 0 aliphatic carbocycles. The largest absolute Gasteiger partial charge is 0.497 e. The van der Waals surface area contributed by atoms with Crippen LogP contribution in [0, 0.1) is 5.92 Å². The lowest BCUT2D eigenvalue weighted by Gasteiger charge is -2.25. The number of imidazole rings is 1. The first-order valence-corrected chi connectivity index (χ1v) is 9.95. The van der Waals surface area contributed by atoms with Crippen LogP contribution in [0.15, 0.2) is 48.7 Å². The number of hydrogen-bond donors (Lipinski definition) is 1. The number of carbonyl (C=O) groups excluding carboxylic acids is 1. The van der Waals surface area contributed by atoms with Gasteiger partial charge in [-0.2, -0.15) is 0 Å². The fourth-order valence-electron chi connectivity index (χ4n) is 3.48. The second-order valence-electron chi connectivity index (χ2n) is 7.89. The Morgan fingerprint density at radius 3 is 2.52 bits per heavy atom. The van der Waals surface area contributed by atoms with Crippen molar-refractivity contribution in [3.8, 4) is 5.75 Å². The first kappa shape index (κ1) is 20.9. The molecule has 1 aromatic carbocycles. The number of likely N-dealkylation sites (N-methyl/N-ethyl adjacent to an activating group) is 1. The van der Waals surface area contributed by atoms with Gasteiger partial charge >= 0.3 is 0 Å². The zero-order valence-corrected chi connectivity index (χ0v) is 17.8. The maximum absolute atomic E-state index is 13.0. The lowest BCUT2D eigenvalue weighted by molar-refractivity contribution is 0.0939. The molecule has 6 heteroatoms. The van der Waals surface area contributed by atoms with Gasteiger partial charge in [-0.3, -0.25) is 4.79 Å². The lowest BCUT2D eigenvalue weighted by atomic mass is 10.1. The number of pyridine rings is 1. The number of aromatic nitrogens is 2. The second kappa shape index (κ2) is 9.09. The summed E-state index contributed by atoms with van der Waals surface area (Å²) in [6.45, 7) is 4.80. The van der Waals surface area contributed by atoms with Crippen LogP contribution in [0.5, 0.6) is 5.75 Å². The van der Waals surface area contributed by atoms with E-state index in [2.05, 4.69) is 29.0 Å². The summed E-state index contributed by atoms with van der Waals surface area (Å²) in [5.74, 6) is 2.05. The SMILES string of the molecule is COc1ccc(C(CNC(=O)c2nc(CC(C)C)n3ccccc23)N(C)C)cc1. The van der Waals surface area contributed by atoms with E-state index >= 15 is 0 Å². The van der Waals surface area contributed by atoms with Crippen LogP contribution in [0.2, 0.25) is 0 Å². The summed E-state index contributed by atoms with van der Waals surface area (Å²) in [7, 11) is 5.67. The van der Waals surface area contributed by atoms with E-state index in [1.54, 1.807) is 7.11 Å². The maximum atomic E-state index is 13.0. The minimum Gasteiger partial charge on any atom is -0.497 e. The number of ether oxygens (including phenoxy) is 1. The van der Waals surface area contributed by atoms with Gasteiger partial charge in [-0.1, -0.05) is 32.0 Å². The molecule has 0 aliphatic heterocycles. The molecule has 29 heavy (non-hydrogen) atoms. The zero-order chi connectivity index (χ0) is 21.0. The van der Waals surface area contributed by atoms with E-state index < -0.39 is 0 Å². The molecular formula is C23H30N4O2. The molecule has 1 atom stereocenters. The van der Waals surface area contributed by atoms with E-state index in [0.717, 1.165) is 29.1 Å². The van der Waals surface area contributed by atoms with Crippen LogP contribution < -0.4 is 10.1 Å². The molecule has 1 amide bonds. The van der Waals surface area contributed by atoms with Gasteiger partial charge in [-0.25, -0.2) is 4.98 Å². The molecule has 154 valence electrons. The van der Waals surface area contributed by atoms with E-state index in [0.29, 0.717) is 18.2 Å². The van der Waals surface area contributed by atoms with Gasteiger partial charge in [0, 0.05) is 19.2 Å². The molecule has 0 saturated heterocycles. The Morgan fingerprint density at radius 1 is 1.17 bits per heavy atom. The summed E-state index contributed by atoms with van der Waals surface area (Å²) in [6.07, 6.45) is 2.79. The molecule has 0 aliphatic rings. The van der Waals surface area contributed by atoms with E-state index in [1.807, 2.05) is 67.2 Å². The van der Waals surface area contributed by atoms with Crippen molar-refractivity contribution in [1.82, 2.24) is 19.6 Å². The molecule has 0 radical (unpaired) electrons. The number of hydrogen-bond acceptors (Lipinski definition) is 4. The second-order valence-corrected chi connectivity index (χ2v) is 7.89. The number of fused-ring (bicyclic) bond motifs is 1. The van der Waals surface area contributed by atoms with E-state index in [-0.39, 0.29) is 11.9 Å². The molecule has 1 unspecified atom stereocenters. The fraction of sp³-hybridized carbons (Fsp3) is 0.391. The summed E-state index contributed by atoms with van der Waals surface area (Å²) < 4.78 is 7.26. The molecule has 3 rings (SSSR count). The third-order valence-corrected chi connectivity index (χ3v) is 5.01. The van der Waals surface area contributed by atoms with E-state index in [4.69, 9.17) is 4.74 Å². The van der Waals surface area contributed by atoms with Crippen molar-refractivity contribution in [3.05, 3.63) is 65.7 Å². The molecule has 1 N–H and O–H groups in total. The Balaban J connectivity index is 1.80. The smallest absolute Gasteiger partial charge is 0.272 e. The molecule has 0 fully saturated rings. The highest BCUT2D eigenvalue weighted by molar-refractivity contribution is 5.99. The van der Waals surface area contributed by atoms with Crippen LogP contribution in [-0.2, 0) is 6.42 Å². The van der Waals surface area contributed by atoms with Gasteiger partial charge < -0.3 is 19.4 Å². The summed E-state index contributed by atoms with van der Waals surface area (Å²) in [5.41, 5.74) is 2.44. The Bertz CT molecular complexity index is 961. The number of carbonyl (C=O) groups is 1. The Labute approximate surface area is 172 Å². The molecule has 0 saturated carbocycles. The number of amides is 1. The van der Waals surface area contributed by atoms with Crippen LogP contribution in [0.4, 0.5) is 0 Å². The van der Waals surface area contributed by atoms with Gasteiger partial charge in [-0.05, 0) is 49.8 Å². The number of rotatable bonds is 8. The van der Waals surface area contributed by atoms with E-state index in [9.17, 15) is 4.79 Å². The lowest BCUT2D eigenvalue weighted by Crippen LogP contribution is -2.34. The van der Waals surface area contributed by atoms with Crippen molar-refractivity contribution in [2.75, 3.05) is 27.7 Å². The Hall–Kier alpha value is -2.86. The molecule has 0 spiro atoms. The summed E-state index contributed by atoms with van der Waals surface area (Å²) in [6, 6.07) is 13.8. The van der Waals surface area contributed by atoms with Gasteiger partial charge in [0.05, 0.1) is 18.7 Å². The van der Waals surface area contributed by atoms with Crippen molar-refractivity contribution >= 4 is 11.4 Å². The molecule has 0 bridgehead atoms. The highest BCUT2D eigenvalue weighted by Gasteiger charge is 2.20. The van der Waals surface area contributed by atoms with Crippen molar-refractivity contribution in [1.29, 1.82) is 0 Å². The predicted octanol–water partition coefficient (Wildman–Crippen LogP) is 3.57. The normalized spacial score (nSPS) is 12.5. The van der Waals surface area contributed by atoms with Crippen molar-refractivity contribution < 1.29 is 9.53 Å². The highest BCUT2D eigenvalue weighted by atomic mass is 16.5. The average Bonchev–Trinajstić information content (AvgIpc) is 3.06. The molecular weight excluding hydrogens is 364 g/mol. The highest BCUT2D eigenvalue weighted by Crippen LogP contribution is 2.21. The third-order valence-electron chi connectivity index (χ3n) is 5.01. The predicted molar refractivity (Wildman–Crippen MR) is 115 cm³/mol. The summed E-state index contributed by atoms with van der Waals surface area (Å²) in [4.78, 5) is 19.8. The van der Waals surface area contributed by atoms with Crippen LogP contribution in [0.3, 0.4) is 0 Å². The van der Waals surface area contributed by atoms with Crippen molar-refractivity contribution in [2.24, 2.45) is 5.92 Å². The first-order chi connectivity index (χ1) is 13.9. The topological polar surface area (TPSA) is 58.9 Å². The van der Waals surface area contributed by atoms with Gasteiger partial charge in [0.15, 0.2) is 5.69 Å². The van der Waals surface area contributed by atoms with Crippen LogP contribution in [0.25, 0.3) is 5.52 Å². The Kier molecular flexibility index (Phi) is 6.54. The minimum absolute atomic E-state index is 0.0499. The average molecular weight is 395 g/mol. The van der Waals surface area contributed by atoms with Crippen LogP contribution >= 0.6 is 0 Å². The molecule has 2 aromatic heterocycles. The number of benzene rings is 1. The van der Waals surface area contributed by atoms with Gasteiger partial charge in [0.2, 0.25) is 0 Å². The van der Waals surface area contributed by atoms with Gasteiger partial charge in [-0.15, -0.1) is 0 Å². The molecule has 2 heterocycles. The number of nitrogens with zero attached hydrogens (tertiary/aromatic N) is 3. The molecule has 3 aromatic rings. The van der Waals surface area contributed by atoms with Gasteiger partial charge in [0.25, 0.3) is 5.91 Å². The number of nitrogens with one attached hydrogen (secondary N) is 1. The minimum atomic E-state index is -0.149. The first-order valence-electron chi connectivity index (χ1n) is 9.95. The number of methoxy groups -OCH3 is 1. The van der Waals surface area contributed by atoms with Crippen molar-refractivity contribution in [2.45, 2.75) is 26.3 Å². The zero-order valence-electron chi connectivity index (χ0n) is 17.8. The van der Waals surface area contributed by atoms with Crippen LogP contribution in [-0.4, -0.2) is 47.9 Å².